The topological polar surface area (TPSA) is 78.9 Å². The molecule has 0 aromatic heterocycles. The molecule has 0 N–H and O–H groups in total. The van der Waals surface area contributed by atoms with Crippen LogP contribution in [0.15, 0.2) is 72.9 Å². The molecule has 72 heavy (non-hydrogen) atoms. The van der Waals surface area contributed by atoms with Gasteiger partial charge in [-0.2, -0.15) is 0 Å². The number of carbonyl (C=O) groups excluding carboxylic acids is 3. The molecule has 0 fully saturated rings. The molecule has 0 radical (unpaired) electrons. The summed E-state index contributed by atoms with van der Waals surface area (Å²) < 4.78 is 16.9. The molecule has 0 saturated heterocycles. The Balaban J connectivity index is 4.32. The van der Waals surface area contributed by atoms with E-state index in [1.807, 2.05) is 0 Å². The molecule has 0 spiro atoms. The van der Waals surface area contributed by atoms with Crippen LogP contribution in [0.25, 0.3) is 0 Å². The van der Waals surface area contributed by atoms with Crippen LogP contribution < -0.4 is 0 Å². The summed E-state index contributed by atoms with van der Waals surface area (Å²) in [5.74, 6) is -0.875. The summed E-state index contributed by atoms with van der Waals surface area (Å²) >= 11 is 0. The number of ether oxygens (including phenoxy) is 3. The maximum atomic E-state index is 12.9. The lowest BCUT2D eigenvalue weighted by Gasteiger charge is -2.18. The van der Waals surface area contributed by atoms with Crippen molar-refractivity contribution in [3.05, 3.63) is 72.9 Å². The molecule has 0 bridgehead atoms. The van der Waals surface area contributed by atoms with Crippen LogP contribution in [-0.2, 0) is 28.6 Å². The van der Waals surface area contributed by atoms with E-state index in [1.165, 1.54) is 167 Å². The average Bonchev–Trinajstić information content (AvgIpc) is 3.38. The zero-order valence-corrected chi connectivity index (χ0v) is 47.7. The van der Waals surface area contributed by atoms with Gasteiger partial charge in [0.15, 0.2) is 6.10 Å². The summed E-state index contributed by atoms with van der Waals surface area (Å²) in [5.41, 5.74) is 0. The van der Waals surface area contributed by atoms with Crippen LogP contribution in [0.5, 0.6) is 0 Å². The Bertz CT molecular complexity index is 1340. The highest BCUT2D eigenvalue weighted by Crippen LogP contribution is 2.17. The standard InChI is InChI=1S/C66H116O6/c1-4-7-10-13-16-19-22-25-27-29-30-31-32-33-34-35-36-38-39-41-44-47-50-53-56-59-65(68)71-62-63(61-70-64(67)58-55-52-49-46-43-24-21-18-15-12-9-6-3)72-66(69)60-57-54-51-48-45-42-40-37-28-26-23-20-17-14-11-8-5-2/h7,10,16,19,25,27,30-31,33-34,36,38,63H,4-6,8-9,11-15,17-18,20-24,26,28-29,32,35,37,39-62H2,1-3H3/b10-7-,19-16-,27-25-,31-30-,34-33-,38-36-. The summed E-state index contributed by atoms with van der Waals surface area (Å²) in [6.45, 7) is 6.55. The second-order valence-corrected chi connectivity index (χ2v) is 20.6. The molecule has 0 aromatic carbocycles. The van der Waals surface area contributed by atoms with E-state index in [4.69, 9.17) is 14.2 Å². The molecule has 0 amide bonds. The van der Waals surface area contributed by atoms with Crippen LogP contribution in [0.1, 0.15) is 310 Å². The van der Waals surface area contributed by atoms with Crippen molar-refractivity contribution in [3.63, 3.8) is 0 Å². The van der Waals surface area contributed by atoms with Gasteiger partial charge in [0.25, 0.3) is 0 Å². The van der Waals surface area contributed by atoms with Gasteiger partial charge in [-0.05, 0) is 70.6 Å². The minimum Gasteiger partial charge on any atom is -0.462 e. The molecule has 1 atom stereocenters. The van der Waals surface area contributed by atoms with Gasteiger partial charge in [0.1, 0.15) is 13.2 Å². The Morgan fingerprint density at radius 3 is 0.847 bits per heavy atom. The van der Waals surface area contributed by atoms with Gasteiger partial charge in [-0.15, -0.1) is 0 Å². The molecular weight excluding hydrogens is 889 g/mol. The van der Waals surface area contributed by atoms with Gasteiger partial charge in [0.2, 0.25) is 0 Å². The quantitative estimate of drug-likeness (QED) is 0.0261. The van der Waals surface area contributed by atoms with Gasteiger partial charge in [-0.1, -0.05) is 293 Å². The smallest absolute Gasteiger partial charge is 0.306 e. The summed E-state index contributed by atoms with van der Waals surface area (Å²) in [4.78, 5) is 38.2. The third kappa shape index (κ3) is 57.7. The zero-order chi connectivity index (χ0) is 52.2. The SMILES string of the molecule is CC/C=C\C/C=C\C/C=C\C/C=C\C/C=C\C/C=C\CCCCCCCCC(=O)OCC(COC(=O)CCCCCCCCCCCCCC)OC(=O)CCCCCCCCCCCCCCCCCCC. The first kappa shape index (κ1) is 68.8. The van der Waals surface area contributed by atoms with Crippen LogP contribution in [0.4, 0.5) is 0 Å². The zero-order valence-electron chi connectivity index (χ0n) is 47.7. The molecule has 0 aliphatic carbocycles. The number of rotatable bonds is 56. The van der Waals surface area contributed by atoms with Crippen LogP contribution in [0, 0.1) is 0 Å². The maximum Gasteiger partial charge on any atom is 0.306 e. The first-order chi connectivity index (χ1) is 35.5. The Hall–Kier alpha value is -3.15. The van der Waals surface area contributed by atoms with E-state index in [0.717, 1.165) is 103 Å². The monoisotopic (exact) mass is 1000 g/mol. The molecule has 416 valence electrons. The van der Waals surface area contributed by atoms with Crippen molar-refractivity contribution >= 4 is 17.9 Å². The molecule has 0 saturated carbocycles. The number of carbonyl (C=O) groups is 3. The van der Waals surface area contributed by atoms with E-state index in [0.29, 0.717) is 19.3 Å². The van der Waals surface area contributed by atoms with Crippen molar-refractivity contribution in [3.8, 4) is 0 Å². The summed E-state index contributed by atoms with van der Waals surface area (Å²) in [6.07, 6.45) is 77.5. The van der Waals surface area contributed by atoms with Gasteiger partial charge in [-0.25, -0.2) is 0 Å². The van der Waals surface area contributed by atoms with Gasteiger partial charge in [0.05, 0.1) is 0 Å². The molecule has 0 rings (SSSR count). The van der Waals surface area contributed by atoms with Crippen molar-refractivity contribution in [1.82, 2.24) is 0 Å². The Kier molecular flexibility index (Phi) is 57.8. The third-order valence-corrected chi connectivity index (χ3v) is 13.5. The number of allylic oxidation sites excluding steroid dienone is 12. The Morgan fingerprint density at radius 2 is 0.542 bits per heavy atom. The van der Waals surface area contributed by atoms with E-state index in [9.17, 15) is 14.4 Å². The fraction of sp³-hybridized carbons (Fsp3) is 0.773. The first-order valence-electron chi connectivity index (χ1n) is 30.9. The van der Waals surface area contributed by atoms with Gasteiger partial charge in [-0.3, -0.25) is 14.4 Å². The maximum absolute atomic E-state index is 12.9. The van der Waals surface area contributed by atoms with Crippen LogP contribution in [0.2, 0.25) is 0 Å². The molecule has 0 aliphatic heterocycles. The number of unbranched alkanes of at least 4 members (excludes halogenated alkanes) is 33. The average molecular weight is 1010 g/mol. The lowest BCUT2D eigenvalue weighted by Crippen LogP contribution is -2.30. The fourth-order valence-electron chi connectivity index (χ4n) is 8.86. The van der Waals surface area contributed by atoms with Crippen LogP contribution >= 0.6 is 0 Å². The van der Waals surface area contributed by atoms with Crippen molar-refractivity contribution in [2.75, 3.05) is 13.2 Å². The molecule has 0 aromatic rings. The molecular formula is C66H116O6. The minimum atomic E-state index is -0.778. The fourth-order valence-corrected chi connectivity index (χ4v) is 8.86. The normalized spacial score (nSPS) is 12.5. The van der Waals surface area contributed by atoms with E-state index in [1.54, 1.807) is 0 Å². The molecule has 1 unspecified atom stereocenters. The highest BCUT2D eigenvalue weighted by Gasteiger charge is 2.19. The molecule has 0 aliphatic rings. The highest BCUT2D eigenvalue weighted by atomic mass is 16.6. The first-order valence-corrected chi connectivity index (χ1v) is 30.9. The molecule has 0 heterocycles. The summed E-state index contributed by atoms with van der Waals surface area (Å²) in [7, 11) is 0. The van der Waals surface area contributed by atoms with Crippen molar-refractivity contribution in [1.29, 1.82) is 0 Å². The van der Waals surface area contributed by atoms with Gasteiger partial charge >= 0.3 is 17.9 Å². The van der Waals surface area contributed by atoms with Crippen molar-refractivity contribution in [2.24, 2.45) is 0 Å². The lowest BCUT2D eigenvalue weighted by molar-refractivity contribution is -0.167. The number of esters is 3. The number of hydrogen-bond donors (Lipinski definition) is 0. The van der Waals surface area contributed by atoms with Crippen LogP contribution in [-0.4, -0.2) is 37.2 Å². The van der Waals surface area contributed by atoms with Crippen LogP contribution in [0.3, 0.4) is 0 Å². The summed E-state index contributed by atoms with van der Waals surface area (Å²) in [6, 6.07) is 0. The predicted octanol–water partition coefficient (Wildman–Crippen LogP) is 20.9. The Labute approximate surface area is 446 Å². The largest absolute Gasteiger partial charge is 0.462 e. The van der Waals surface area contributed by atoms with E-state index in [-0.39, 0.29) is 31.1 Å². The molecule has 6 nitrogen and oxygen atoms in total. The third-order valence-electron chi connectivity index (χ3n) is 13.5. The molecule has 6 heteroatoms. The van der Waals surface area contributed by atoms with Crippen molar-refractivity contribution < 1.29 is 28.6 Å². The predicted molar refractivity (Wildman–Crippen MR) is 311 cm³/mol. The van der Waals surface area contributed by atoms with Gasteiger partial charge < -0.3 is 14.2 Å². The second kappa shape index (κ2) is 60.4. The highest BCUT2D eigenvalue weighted by molar-refractivity contribution is 5.71. The van der Waals surface area contributed by atoms with Gasteiger partial charge in [0, 0.05) is 19.3 Å². The van der Waals surface area contributed by atoms with E-state index in [2.05, 4.69) is 93.7 Å². The summed E-state index contributed by atoms with van der Waals surface area (Å²) in [5, 5.41) is 0. The lowest BCUT2D eigenvalue weighted by atomic mass is 10.0. The number of hydrogen-bond acceptors (Lipinski definition) is 6. The van der Waals surface area contributed by atoms with E-state index < -0.39 is 6.10 Å². The minimum absolute atomic E-state index is 0.0757. The van der Waals surface area contributed by atoms with Crippen molar-refractivity contribution in [2.45, 2.75) is 316 Å². The second-order valence-electron chi connectivity index (χ2n) is 20.6. The Morgan fingerprint density at radius 1 is 0.292 bits per heavy atom. The van der Waals surface area contributed by atoms with E-state index >= 15 is 0 Å².